The average Bonchev–Trinajstić information content (AvgIpc) is 2.64. The van der Waals surface area contributed by atoms with Crippen molar-refractivity contribution in [3.63, 3.8) is 0 Å². The predicted octanol–water partition coefficient (Wildman–Crippen LogP) is 5.74. The summed E-state index contributed by atoms with van der Waals surface area (Å²) >= 11 is 3.30. The lowest BCUT2D eigenvalue weighted by Gasteiger charge is -2.08. The first-order valence-corrected chi connectivity index (χ1v) is 10.4. The highest BCUT2D eigenvalue weighted by molar-refractivity contribution is 9.10. The quantitative estimate of drug-likeness (QED) is 0.330. The van der Waals surface area contributed by atoms with Crippen molar-refractivity contribution in [2.45, 2.75) is 71.1 Å². The topological polar surface area (TPSA) is 67.4 Å². The zero-order chi connectivity index (χ0) is 19.0. The third kappa shape index (κ3) is 11.1. The molecule has 0 aliphatic heterocycles. The van der Waals surface area contributed by atoms with Gasteiger partial charge in [0.2, 0.25) is 0 Å². The summed E-state index contributed by atoms with van der Waals surface area (Å²) in [6, 6.07) is 6.85. The number of unbranched alkanes of at least 4 members (excludes halogenated alkanes) is 9. The Bertz CT molecular complexity index is 520. The molecule has 0 atom stereocenters. The van der Waals surface area contributed by atoms with Gasteiger partial charge in [0, 0.05) is 10.0 Å². The highest BCUT2D eigenvalue weighted by atomic mass is 79.9. The van der Waals surface area contributed by atoms with Crippen LogP contribution in [0.3, 0.4) is 0 Å². The van der Waals surface area contributed by atoms with Crippen LogP contribution in [0.25, 0.3) is 0 Å². The molecule has 2 amide bonds. The summed E-state index contributed by atoms with van der Waals surface area (Å²) in [6.07, 6.45) is 11.7. The van der Waals surface area contributed by atoms with Gasteiger partial charge < -0.3 is 4.74 Å². The van der Waals surface area contributed by atoms with Gasteiger partial charge >= 0.3 is 6.09 Å². The van der Waals surface area contributed by atoms with Crippen LogP contribution < -0.4 is 10.9 Å². The van der Waals surface area contributed by atoms with Gasteiger partial charge in [0.15, 0.2) is 0 Å². The second-order valence-electron chi connectivity index (χ2n) is 6.40. The number of ether oxygens (including phenoxy) is 1. The second kappa shape index (κ2) is 14.6. The Labute approximate surface area is 165 Å². The number of carbonyl (C=O) groups is 2. The zero-order valence-electron chi connectivity index (χ0n) is 15.7. The molecule has 6 heteroatoms. The molecule has 0 saturated carbocycles. The number of benzene rings is 1. The number of nitrogens with one attached hydrogen (secondary N) is 2. The van der Waals surface area contributed by atoms with Crippen LogP contribution in [0.4, 0.5) is 4.79 Å². The van der Waals surface area contributed by atoms with Gasteiger partial charge in [-0.2, -0.15) is 0 Å². The molecule has 0 bridgehead atoms. The molecular weight excluding hydrogens is 396 g/mol. The summed E-state index contributed by atoms with van der Waals surface area (Å²) in [5.41, 5.74) is 5.05. The minimum Gasteiger partial charge on any atom is -0.448 e. The Morgan fingerprint density at radius 2 is 1.38 bits per heavy atom. The fourth-order valence-corrected chi connectivity index (χ4v) is 2.84. The van der Waals surface area contributed by atoms with Gasteiger partial charge in [0.1, 0.15) is 0 Å². The van der Waals surface area contributed by atoms with Gasteiger partial charge in [0.25, 0.3) is 5.91 Å². The second-order valence-corrected chi connectivity index (χ2v) is 7.32. The fourth-order valence-electron chi connectivity index (χ4n) is 2.57. The fraction of sp³-hybridized carbons (Fsp3) is 0.600. The molecule has 1 aromatic carbocycles. The third-order valence-electron chi connectivity index (χ3n) is 4.12. The minimum absolute atomic E-state index is 0.372. The van der Waals surface area contributed by atoms with E-state index in [1.54, 1.807) is 24.3 Å². The van der Waals surface area contributed by atoms with Crippen LogP contribution in [0.2, 0.25) is 0 Å². The Balaban J connectivity index is 1.95. The van der Waals surface area contributed by atoms with E-state index in [-0.39, 0.29) is 5.91 Å². The van der Waals surface area contributed by atoms with Crippen LogP contribution in [-0.2, 0) is 4.74 Å². The Hall–Kier alpha value is -1.56. The number of carbonyl (C=O) groups excluding carboxylic acids is 2. The molecule has 0 spiro atoms. The SMILES string of the molecule is CCCCCCCCCCCCOC(=O)NNC(=O)c1ccc(Br)cc1. The maximum absolute atomic E-state index is 11.8. The van der Waals surface area contributed by atoms with E-state index in [9.17, 15) is 9.59 Å². The standard InChI is InChI=1S/C20H31BrN2O3/c1-2-3-4-5-6-7-8-9-10-11-16-26-20(25)23-22-19(24)17-12-14-18(21)15-13-17/h12-15H,2-11,16H2,1H3,(H,22,24)(H,23,25). The highest BCUT2D eigenvalue weighted by Gasteiger charge is 2.07. The molecular formula is C20H31BrN2O3. The Morgan fingerprint density at radius 3 is 1.96 bits per heavy atom. The number of halogens is 1. The van der Waals surface area contributed by atoms with E-state index < -0.39 is 6.09 Å². The monoisotopic (exact) mass is 426 g/mol. The molecule has 1 rings (SSSR count). The van der Waals surface area contributed by atoms with Gasteiger partial charge in [-0.25, -0.2) is 10.2 Å². The van der Waals surface area contributed by atoms with Crippen LogP contribution >= 0.6 is 15.9 Å². The van der Waals surface area contributed by atoms with Crippen molar-refractivity contribution in [1.82, 2.24) is 10.9 Å². The molecule has 0 saturated heterocycles. The maximum atomic E-state index is 11.8. The molecule has 0 fully saturated rings. The van der Waals surface area contributed by atoms with Crippen molar-refractivity contribution in [1.29, 1.82) is 0 Å². The molecule has 26 heavy (non-hydrogen) atoms. The molecule has 5 nitrogen and oxygen atoms in total. The summed E-state index contributed by atoms with van der Waals surface area (Å²) < 4.78 is 5.93. The predicted molar refractivity (Wildman–Crippen MR) is 108 cm³/mol. The van der Waals surface area contributed by atoms with E-state index in [4.69, 9.17) is 4.74 Å². The van der Waals surface area contributed by atoms with Gasteiger partial charge in [-0.05, 0) is 30.7 Å². The van der Waals surface area contributed by atoms with Gasteiger partial charge in [-0.3, -0.25) is 10.2 Å². The number of rotatable bonds is 12. The molecule has 146 valence electrons. The Morgan fingerprint density at radius 1 is 0.846 bits per heavy atom. The van der Waals surface area contributed by atoms with Crippen molar-refractivity contribution in [3.8, 4) is 0 Å². The average molecular weight is 427 g/mol. The van der Waals surface area contributed by atoms with Gasteiger partial charge in [-0.1, -0.05) is 80.6 Å². The first-order valence-electron chi connectivity index (χ1n) is 9.62. The minimum atomic E-state index is -0.633. The molecule has 1 aromatic rings. The lowest BCUT2D eigenvalue weighted by Crippen LogP contribution is -2.42. The molecule has 0 aromatic heterocycles. The van der Waals surface area contributed by atoms with Crippen molar-refractivity contribution in [2.75, 3.05) is 6.61 Å². The van der Waals surface area contributed by atoms with Crippen molar-refractivity contribution >= 4 is 27.9 Å². The largest absolute Gasteiger partial charge is 0.448 e. The molecule has 0 radical (unpaired) electrons. The summed E-state index contributed by atoms with van der Waals surface area (Å²) in [5, 5.41) is 0. The first kappa shape index (κ1) is 22.5. The van der Waals surface area contributed by atoms with Crippen LogP contribution in [0.15, 0.2) is 28.7 Å². The van der Waals surface area contributed by atoms with E-state index in [2.05, 4.69) is 33.7 Å². The normalized spacial score (nSPS) is 10.4. The number of hydrogen-bond acceptors (Lipinski definition) is 3. The van der Waals surface area contributed by atoms with Crippen LogP contribution in [-0.4, -0.2) is 18.6 Å². The smallest absolute Gasteiger partial charge is 0.426 e. The van der Waals surface area contributed by atoms with Crippen molar-refractivity contribution in [3.05, 3.63) is 34.3 Å². The highest BCUT2D eigenvalue weighted by Crippen LogP contribution is 2.11. The van der Waals surface area contributed by atoms with E-state index >= 15 is 0 Å². The van der Waals surface area contributed by atoms with Crippen LogP contribution in [0.5, 0.6) is 0 Å². The zero-order valence-corrected chi connectivity index (χ0v) is 17.3. The lowest BCUT2D eigenvalue weighted by atomic mass is 10.1. The third-order valence-corrected chi connectivity index (χ3v) is 4.64. The van der Waals surface area contributed by atoms with Crippen LogP contribution in [0, 0.1) is 0 Å². The molecule has 0 heterocycles. The van der Waals surface area contributed by atoms with E-state index in [1.807, 2.05) is 0 Å². The molecule has 2 N–H and O–H groups in total. The molecule has 0 unspecified atom stereocenters. The molecule has 0 aliphatic carbocycles. The van der Waals surface area contributed by atoms with E-state index in [0.717, 1.165) is 17.3 Å². The van der Waals surface area contributed by atoms with E-state index in [1.165, 1.54) is 51.4 Å². The number of amides is 2. The molecule has 0 aliphatic rings. The summed E-state index contributed by atoms with van der Waals surface area (Å²) in [4.78, 5) is 23.4. The Kier molecular flexibility index (Phi) is 12.6. The summed E-state index contributed by atoms with van der Waals surface area (Å²) in [6.45, 7) is 2.61. The van der Waals surface area contributed by atoms with Crippen molar-refractivity contribution < 1.29 is 14.3 Å². The summed E-state index contributed by atoms with van der Waals surface area (Å²) in [7, 11) is 0. The summed E-state index contributed by atoms with van der Waals surface area (Å²) in [5.74, 6) is -0.381. The van der Waals surface area contributed by atoms with E-state index in [0.29, 0.717) is 12.2 Å². The van der Waals surface area contributed by atoms with Gasteiger partial charge in [-0.15, -0.1) is 0 Å². The number of hydrazine groups is 1. The maximum Gasteiger partial charge on any atom is 0.426 e. The first-order chi connectivity index (χ1) is 12.6. The van der Waals surface area contributed by atoms with Gasteiger partial charge in [0.05, 0.1) is 6.61 Å². The van der Waals surface area contributed by atoms with Crippen molar-refractivity contribution in [2.24, 2.45) is 0 Å². The van der Waals surface area contributed by atoms with Crippen LogP contribution in [0.1, 0.15) is 81.5 Å². The lowest BCUT2D eigenvalue weighted by molar-refractivity contribution is 0.0908. The number of hydrogen-bond donors (Lipinski definition) is 2.